The van der Waals surface area contributed by atoms with Gasteiger partial charge in [0.05, 0.1) is 20.6 Å². The number of nitrogens with zero attached hydrogens (tertiary/aromatic N) is 2. The third kappa shape index (κ3) is 3.89. The van der Waals surface area contributed by atoms with Crippen LogP contribution in [-0.4, -0.2) is 25.0 Å². The Balaban J connectivity index is 0.00000625. The van der Waals surface area contributed by atoms with Crippen molar-refractivity contribution in [2.45, 2.75) is 104 Å². The second kappa shape index (κ2) is 7.09. The van der Waals surface area contributed by atoms with Gasteiger partial charge in [-0.2, -0.15) is 8.68 Å². The van der Waals surface area contributed by atoms with Crippen LogP contribution >= 0.6 is 14.6 Å². The molecule has 0 saturated heterocycles. The molecule has 0 aliphatic carbocycles. The Hall–Kier alpha value is -0.0400. The molecule has 0 unspecified atom stereocenters. The summed E-state index contributed by atoms with van der Waals surface area (Å²) in [5.41, 5.74) is 0. The molecule has 1 aromatic rings. The minimum atomic E-state index is -2.82. The van der Waals surface area contributed by atoms with Crippen LogP contribution in [0.2, 0.25) is 0 Å². The monoisotopic (exact) mass is 424 g/mol. The van der Waals surface area contributed by atoms with Gasteiger partial charge in [-0.25, -0.2) is 0 Å². The third-order valence-corrected chi connectivity index (χ3v) is 13.9. The zero-order valence-electron chi connectivity index (χ0n) is 18.7. The molecule has 1 rings (SSSR count). The van der Waals surface area contributed by atoms with E-state index in [0.29, 0.717) is 0 Å². The first-order valence-electron chi connectivity index (χ1n) is 9.03. The average molecular weight is 425 g/mol. The fourth-order valence-corrected chi connectivity index (χ4v) is 12.0. The lowest BCUT2D eigenvalue weighted by Crippen LogP contribution is -3.00. The largest absolute Gasteiger partial charge is 1.00 e. The first kappa shape index (κ1) is 26.0. The molecular formula is C19H39ClN2O2P2. The topological polar surface area (TPSA) is 43.0 Å². The smallest absolute Gasteiger partial charge is 0.261 e. The maximum absolute atomic E-state index is 14.2. The SMILES string of the molecule is CC(C)(C)P(=O)(n1cc[n+](P(=O)(C(C)(C)C)C(C)(C)C)c1)C(C)(C)C.[Cl-]. The molecule has 154 valence electrons. The van der Waals surface area contributed by atoms with Crippen molar-refractivity contribution in [3.63, 3.8) is 0 Å². The molecule has 1 aromatic heterocycles. The van der Waals surface area contributed by atoms with Gasteiger partial charge in [-0.1, -0.05) is 0 Å². The van der Waals surface area contributed by atoms with Crippen molar-refractivity contribution in [2.24, 2.45) is 0 Å². The molecule has 0 saturated carbocycles. The van der Waals surface area contributed by atoms with Gasteiger partial charge >= 0.3 is 0 Å². The Bertz CT molecular complexity index is 630. The number of aromatic nitrogens is 2. The Morgan fingerprint density at radius 2 is 1.04 bits per heavy atom. The van der Waals surface area contributed by atoms with E-state index in [-0.39, 0.29) is 12.4 Å². The van der Waals surface area contributed by atoms with Gasteiger partial charge in [0.15, 0.2) is 0 Å². The highest BCUT2D eigenvalue weighted by atomic mass is 35.5. The van der Waals surface area contributed by atoms with E-state index in [9.17, 15) is 9.13 Å². The molecule has 0 fully saturated rings. The maximum atomic E-state index is 14.2. The Kier molecular flexibility index (Phi) is 7.08. The molecule has 0 spiro atoms. The van der Waals surface area contributed by atoms with Crippen LogP contribution in [0.1, 0.15) is 83.1 Å². The van der Waals surface area contributed by atoms with Gasteiger partial charge in [-0.3, -0.25) is 9.13 Å². The molecule has 0 aliphatic rings. The van der Waals surface area contributed by atoms with E-state index in [2.05, 4.69) is 0 Å². The lowest BCUT2D eigenvalue weighted by molar-refractivity contribution is -0.523. The van der Waals surface area contributed by atoms with Crippen LogP contribution in [0.5, 0.6) is 0 Å². The zero-order chi connectivity index (χ0) is 20.3. The Morgan fingerprint density at radius 1 is 0.692 bits per heavy atom. The van der Waals surface area contributed by atoms with Crippen LogP contribution in [0.15, 0.2) is 18.7 Å². The highest BCUT2D eigenvalue weighted by molar-refractivity contribution is 7.65. The second-order valence-electron chi connectivity index (χ2n) is 11.0. The van der Waals surface area contributed by atoms with Crippen molar-refractivity contribution in [2.75, 3.05) is 0 Å². The Labute approximate surface area is 167 Å². The summed E-state index contributed by atoms with van der Waals surface area (Å²) < 4.78 is 32.0. The molecule has 26 heavy (non-hydrogen) atoms. The van der Waals surface area contributed by atoms with Crippen molar-refractivity contribution in [3.05, 3.63) is 18.7 Å². The van der Waals surface area contributed by atoms with Crippen LogP contribution in [-0.2, 0) is 9.13 Å². The third-order valence-electron chi connectivity index (χ3n) is 4.90. The first-order chi connectivity index (χ1) is 10.7. The van der Waals surface area contributed by atoms with Crippen LogP contribution in [0, 0.1) is 0 Å². The van der Waals surface area contributed by atoms with Crippen LogP contribution < -0.4 is 16.7 Å². The molecule has 1 heterocycles. The highest BCUT2D eigenvalue weighted by Gasteiger charge is 2.55. The first-order valence-corrected chi connectivity index (χ1v) is 12.3. The fourth-order valence-electron chi connectivity index (χ4n) is 4.07. The van der Waals surface area contributed by atoms with Crippen molar-refractivity contribution in [1.29, 1.82) is 0 Å². The lowest BCUT2D eigenvalue weighted by Gasteiger charge is -2.38. The fraction of sp³-hybridized carbons (Fsp3) is 0.842. The summed E-state index contributed by atoms with van der Waals surface area (Å²) in [7, 11) is -5.64. The number of hydrogen-bond donors (Lipinski definition) is 0. The molecule has 0 atom stereocenters. The van der Waals surface area contributed by atoms with E-state index in [1.54, 1.807) is 0 Å². The summed E-state index contributed by atoms with van der Waals surface area (Å²) in [5.74, 6) is 0. The molecule has 0 amide bonds. The van der Waals surface area contributed by atoms with Gasteiger partial charge in [0, 0.05) is 0 Å². The molecule has 0 bridgehead atoms. The number of imidazole rings is 1. The number of halogens is 1. The molecule has 7 heteroatoms. The second-order valence-corrected chi connectivity index (χ2v) is 19.6. The van der Waals surface area contributed by atoms with E-state index in [1.807, 2.05) is 110 Å². The predicted octanol–water partition coefficient (Wildman–Crippen LogP) is 3.23. The summed E-state index contributed by atoms with van der Waals surface area (Å²) in [4.78, 5) is 0. The van der Waals surface area contributed by atoms with E-state index < -0.39 is 35.2 Å². The van der Waals surface area contributed by atoms with Gasteiger partial charge in [-0.05, 0) is 83.1 Å². The van der Waals surface area contributed by atoms with Gasteiger partial charge in [0.2, 0.25) is 0 Å². The molecule has 0 N–H and O–H groups in total. The van der Waals surface area contributed by atoms with Crippen LogP contribution in [0.3, 0.4) is 0 Å². The Morgan fingerprint density at radius 3 is 1.31 bits per heavy atom. The van der Waals surface area contributed by atoms with Crippen molar-refractivity contribution in [3.8, 4) is 0 Å². The quantitative estimate of drug-likeness (QED) is 0.684. The molecule has 0 aromatic carbocycles. The minimum Gasteiger partial charge on any atom is -1.00 e. The zero-order valence-corrected chi connectivity index (χ0v) is 21.3. The van der Waals surface area contributed by atoms with Gasteiger partial charge in [-0.15, -0.1) is 0 Å². The van der Waals surface area contributed by atoms with Gasteiger partial charge < -0.3 is 12.4 Å². The average Bonchev–Trinajstić information content (AvgIpc) is 2.80. The molecular weight excluding hydrogens is 386 g/mol. The molecule has 0 aliphatic heterocycles. The predicted molar refractivity (Wildman–Crippen MR) is 110 cm³/mol. The standard InChI is InChI=1S/C19H39N2O2P2.ClH/c1-16(2,3)24(22,17(4,5)6)20-13-14-21(15-20)25(23,18(7,8)9)19(10,11)12;/h13-15H,1-12H3;1H/q+1;/p-1. The van der Waals surface area contributed by atoms with Crippen molar-refractivity contribution in [1.82, 2.24) is 4.34 Å². The lowest BCUT2D eigenvalue weighted by atomic mass is 10.2. The summed E-state index contributed by atoms with van der Waals surface area (Å²) >= 11 is 0. The summed E-state index contributed by atoms with van der Waals surface area (Å²) in [6.07, 6.45) is 5.53. The number of rotatable bonds is 2. The van der Waals surface area contributed by atoms with Gasteiger partial charge in [0.25, 0.3) is 20.9 Å². The summed E-state index contributed by atoms with van der Waals surface area (Å²) in [6, 6.07) is 0. The van der Waals surface area contributed by atoms with E-state index in [0.717, 1.165) is 0 Å². The van der Waals surface area contributed by atoms with Gasteiger partial charge in [0.1, 0.15) is 12.4 Å². The summed E-state index contributed by atoms with van der Waals surface area (Å²) in [5, 5.41) is -1.57. The van der Waals surface area contributed by atoms with Crippen molar-refractivity contribution >= 4 is 14.6 Å². The summed E-state index contributed by atoms with van der Waals surface area (Å²) in [6.45, 7) is 24.3. The normalized spacial score (nSPS) is 14.9. The van der Waals surface area contributed by atoms with Crippen LogP contribution in [0.4, 0.5) is 0 Å². The molecule has 4 nitrogen and oxygen atoms in total. The van der Waals surface area contributed by atoms with E-state index >= 15 is 0 Å². The van der Waals surface area contributed by atoms with Crippen molar-refractivity contribution < 1.29 is 25.9 Å². The maximum Gasteiger partial charge on any atom is 0.261 e. The highest BCUT2D eigenvalue weighted by Crippen LogP contribution is 2.68. The van der Waals surface area contributed by atoms with E-state index in [1.165, 1.54) is 0 Å². The molecule has 0 radical (unpaired) electrons. The number of hydrogen-bond acceptors (Lipinski definition) is 2. The minimum absolute atomic E-state index is 0. The van der Waals surface area contributed by atoms with Crippen LogP contribution in [0.25, 0.3) is 0 Å². The van der Waals surface area contributed by atoms with E-state index in [4.69, 9.17) is 0 Å².